The zero-order valence-corrected chi connectivity index (χ0v) is 22.3. The lowest BCUT2D eigenvalue weighted by molar-refractivity contribution is -0.118. The van der Waals surface area contributed by atoms with Crippen molar-refractivity contribution in [3.05, 3.63) is 125 Å². The Bertz CT molecular complexity index is 1590. The standard InChI is InChI=1S/C31H28FN5O3/c1-19-27(20(2)40-36-19)24-15-14-23(18-25(24)32)34-31(39)29(35-30(38)26-16-17-33-37(26)3)28(21-10-6-4-7-11-21)22-12-8-5-9-13-22/h4-18,28-29H,1-3H3,(H,34,39)(H,35,38). The fraction of sp³-hybridized carbons (Fsp3) is 0.161. The van der Waals surface area contributed by atoms with Crippen molar-refractivity contribution in [3.63, 3.8) is 0 Å². The van der Waals surface area contributed by atoms with E-state index in [1.54, 1.807) is 39.1 Å². The first-order valence-corrected chi connectivity index (χ1v) is 12.8. The molecule has 5 aromatic rings. The van der Waals surface area contributed by atoms with Crippen LogP contribution in [-0.2, 0) is 11.8 Å². The Morgan fingerprint density at radius 2 is 1.57 bits per heavy atom. The number of anilines is 1. The molecule has 1 unspecified atom stereocenters. The molecule has 0 aliphatic carbocycles. The third-order valence-electron chi connectivity index (χ3n) is 6.81. The first-order chi connectivity index (χ1) is 19.3. The molecule has 0 bridgehead atoms. The summed E-state index contributed by atoms with van der Waals surface area (Å²) in [6.07, 6.45) is 1.51. The van der Waals surface area contributed by atoms with Crippen molar-refractivity contribution < 1.29 is 18.5 Å². The molecule has 0 radical (unpaired) electrons. The molecule has 202 valence electrons. The van der Waals surface area contributed by atoms with Crippen LogP contribution in [0.15, 0.2) is 95.6 Å². The number of aryl methyl sites for hydroxylation is 3. The second-order valence-electron chi connectivity index (χ2n) is 9.47. The van der Waals surface area contributed by atoms with Crippen molar-refractivity contribution in [3.8, 4) is 11.1 Å². The van der Waals surface area contributed by atoms with Gasteiger partial charge in [0.05, 0.1) is 11.3 Å². The molecule has 1 atom stereocenters. The molecule has 2 aromatic heterocycles. The fourth-order valence-electron chi connectivity index (χ4n) is 4.89. The van der Waals surface area contributed by atoms with Crippen LogP contribution in [0.3, 0.4) is 0 Å². The molecule has 0 fully saturated rings. The number of carbonyl (C=O) groups excluding carboxylic acids is 2. The quantitative estimate of drug-likeness (QED) is 0.276. The van der Waals surface area contributed by atoms with E-state index in [4.69, 9.17) is 4.52 Å². The van der Waals surface area contributed by atoms with Crippen molar-refractivity contribution in [2.24, 2.45) is 7.05 Å². The third kappa shape index (κ3) is 5.40. The molecule has 9 heteroatoms. The Balaban J connectivity index is 1.52. The molecule has 0 aliphatic heterocycles. The Kier molecular flexibility index (Phi) is 7.54. The average molecular weight is 538 g/mol. The summed E-state index contributed by atoms with van der Waals surface area (Å²) in [6, 6.07) is 23.9. The molecule has 5 rings (SSSR count). The molecule has 8 nitrogen and oxygen atoms in total. The summed E-state index contributed by atoms with van der Waals surface area (Å²) in [5.74, 6) is -1.54. The lowest BCUT2D eigenvalue weighted by Gasteiger charge is -2.28. The molecule has 0 saturated carbocycles. The van der Waals surface area contributed by atoms with Crippen LogP contribution in [0, 0.1) is 19.7 Å². The summed E-state index contributed by atoms with van der Waals surface area (Å²) in [4.78, 5) is 27.3. The number of nitrogens with zero attached hydrogens (tertiary/aromatic N) is 3. The van der Waals surface area contributed by atoms with E-state index in [-0.39, 0.29) is 5.69 Å². The highest BCUT2D eigenvalue weighted by atomic mass is 19.1. The molecule has 0 spiro atoms. The number of carbonyl (C=O) groups is 2. The maximum Gasteiger partial charge on any atom is 0.270 e. The first-order valence-electron chi connectivity index (χ1n) is 12.8. The van der Waals surface area contributed by atoms with Gasteiger partial charge in [0.2, 0.25) is 5.91 Å². The second-order valence-corrected chi connectivity index (χ2v) is 9.47. The lowest BCUT2D eigenvalue weighted by atomic mass is 9.84. The monoisotopic (exact) mass is 537 g/mol. The summed E-state index contributed by atoms with van der Waals surface area (Å²) >= 11 is 0. The smallest absolute Gasteiger partial charge is 0.270 e. The van der Waals surface area contributed by atoms with Crippen LogP contribution in [0.1, 0.15) is 39.0 Å². The van der Waals surface area contributed by atoms with E-state index >= 15 is 4.39 Å². The highest BCUT2D eigenvalue weighted by Gasteiger charge is 2.33. The normalized spacial score (nSPS) is 11.8. The van der Waals surface area contributed by atoms with Crippen molar-refractivity contribution in [2.75, 3.05) is 5.32 Å². The molecular formula is C31H28FN5O3. The highest BCUT2D eigenvalue weighted by molar-refractivity contribution is 6.01. The zero-order chi connectivity index (χ0) is 28.2. The number of aromatic nitrogens is 3. The van der Waals surface area contributed by atoms with Gasteiger partial charge in [0.1, 0.15) is 23.3 Å². The molecule has 0 saturated heterocycles. The summed E-state index contributed by atoms with van der Waals surface area (Å²) in [5, 5.41) is 13.7. The zero-order valence-electron chi connectivity index (χ0n) is 22.3. The Hall–Kier alpha value is -5.05. The van der Waals surface area contributed by atoms with Gasteiger partial charge in [0.25, 0.3) is 5.91 Å². The van der Waals surface area contributed by atoms with Crippen LogP contribution < -0.4 is 10.6 Å². The van der Waals surface area contributed by atoms with E-state index in [2.05, 4.69) is 20.9 Å². The van der Waals surface area contributed by atoms with Gasteiger partial charge in [0, 0.05) is 30.4 Å². The molecule has 0 aliphatic rings. The first kappa shape index (κ1) is 26.6. The van der Waals surface area contributed by atoms with Crippen molar-refractivity contribution >= 4 is 17.5 Å². The SMILES string of the molecule is Cc1noc(C)c1-c1ccc(NC(=O)C(NC(=O)c2ccnn2C)C(c2ccccc2)c2ccccc2)cc1F. The maximum atomic E-state index is 15.3. The second kappa shape index (κ2) is 11.4. The number of amides is 2. The van der Waals surface area contributed by atoms with Crippen LogP contribution in [0.25, 0.3) is 11.1 Å². The number of rotatable bonds is 8. The minimum absolute atomic E-state index is 0.248. The van der Waals surface area contributed by atoms with Crippen LogP contribution in [0.4, 0.5) is 10.1 Å². The fourth-order valence-corrected chi connectivity index (χ4v) is 4.89. The van der Waals surface area contributed by atoms with Gasteiger partial charge >= 0.3 is 0 Å². The average Bonchev–Trinajstić information content (AvgIpc) is 3.54. The van der Waals surface area contributed by atoms with E-state index in [9.17, 15) is 9.59 Å². The minimum atomic E-state index is -1.04. The predicted molar refractivity (Wildman–Crippen MR) is 149 cm³/mol. The molecular weight excluding hydrogens is 509 g/mol. The number of halogens is 1. The van der Waals surface area contributed by atoms with Gasteiger partial charge in [-0.1, -0.05) is 65.8 Å². The van der Waals surface area contributed by atoms with E-state index in [0.29, 0.717) is 28.3 Å². The summed E-state index contributed by atoms with van der Waals surface area (Å²) in [6.45, 7) is 3.46. The molecule has 2 heterocycles. The molecule has 2 N–H and O–H groups in total. The number of benzene rings is 3. The van der Waals surface area contributed by atoms with E-state index < -0.39 is 29.6 Å². The number of nitrogens with one attached hydrogen (secondary N) is 2. The lowest BCUT2D eigenvalue weighted by Crippen LogP contribution is -2.48. The van der Waals surface area contributed by atoms with Crippen LogP contribution in [-0.4, -0.2) is 32.8 Å². The predicted octanol–water partition coefficient (Wildman–Crippen LogP) is 5.40. The van der Waals surface area contributed by atoms with Crippen LogP contribution in [0.5, 0.6) is 0 Å². The van der Waals surface area contributed by atoms with Gasteiger partial charge in [0.15, 0.2) is 0 Å². The van der Waals surface area contributed by atoms with Crippen molar-refractivity contribution in [2.45, 2.75) is 25.8 Å². The molecule has 40 heavy (non-hydrogen) atoms. The highest BCUT2D eigenvalue weighted by Crippen LogP contribution is 2.32. The third-order valence-corrected chi connectivity index (χ3v) is 6.81. The Morgan fingerprint density at radius 3 is 2.10 bits per heavy atom. The van der Waals surface area contributed by atoms with Crippen molar-refractivity contribution in [1.82, 2.24) is 20.3 Å². The largest absolute Gasteiger partial charge is 0.361 e. The van der Waals surface area contributed by atoms with Crippen LogP contribution in [0.2, 0.25) is 0 Å². The van der Waals surface area contributed by atoms with E-state index in [0.717, 1.165) is 11.1 Å². The topological polar surface area (TPSA) is 102 Å². The number of hydrogen-bond donors (Lipinski definition) is 2. The van der Waals surface area contributed by atoms with Gasteiger partial charge < -0.3 is 15.2 Å². The van der Waals surface area contributed by atoms with Gasteiger partial charge in [-0.3, -0.25) is 14.3 Å². The number of hydrogen-bond acceptors (Lipinski definition) is 5. The van der Waals surface area contributed by atoms with E-state index in [1.807, 2.05) is 60.7 Å². The summed E-state index contributed by atoms with van der Waals surface area (Å²) in [5.41, 5.74) is 3.68. The van der Waals surface area contributed by atoms with Crippen LogP contribution >= 0.6 is 0 Å². The van der Waals surface area contributed by atoms with Crippen molar-refractivity contribution in [1.29, 1.82) is 0 Å². The Labute approximate surface area is 230 Å². The minimum Gasteiger partial charge on any atom is -0.361 e. The maximum absolute atomic E-state index is 15.3. The van der Waals surface area contributed by atoms with Gasteiger partial charge in [-0.05, 0) is 49.2 Å². The summed E-state index contributed by atoms with van der Waals surface area (Å²) < 4.78 is 21.9. The van der Waals surface area contributed by atoms with Gasteiger partial charge in [-0.15, -0.1) is 0 Å². The molecule has 3 aromatic carbocycles. The van der Waals surface area contributed by atoms with Gasteiger partial charge in [-0.25, -0.2) is 4.39 Å². The molecule has 2 amide bonds. The summed E-state index contributed by atoms with van der Waals surface area (Å²) in [7, 11) is 1.65. The van der Waals surface area contributed by atoms with Gasteiger partial charge in [-0.2, -0.15) is 5.10 Å². The van der Waals surface area contributed by atoms with E-state index in [1.165, 1.54) is 16.9 Å². The Morgan fingerprint density at radius 1 is 0.925 bits per heavy atom.